The molecule has 1 rings (SSSR count). The Kier molecular flexibility index (Phi) is 4.56. The summed E-state index contributed by atoms with van der Waals surface area (Å²) in [4.78, 5) is 11.6. The van der Waals surface area contributed by atoms with E-state index >= 15 is 0 Å². The number of hydrogen-bond donors (Lipinski definition) is 1. The summed E-state index contributed by atoms with van der Waals surface area (Å²) in [6.45, 7) is 6.78. The van der Waals surface area contributed by atoms with Gasteiger partial charge in [0, 0.05) is 13.7 Å². The summed E-state index contributed by atoms with van der Waals surface area (Å²) in [5.41, 5.74) is -0.0170. The molecule has 17 heavy (non-hydrogen) atoms. The van der Waals surface area contributed by atoms with Crippen LogP contribution in [0.2, 0.25) is 0 Å². The fraction of sp³-hybridized carbons (Fsp3) is 0.800. The Labute approximate surface area is 101 Å². The molecule has 0 radical (unpaired) electrons. The van der Waals surface area contributed by atoms with Crippen LogP contribution in [0.25, 0.3) is 0 Å². The molecular weight excluding hydrogens is 222 g/mol. The summed E-state index contributed by atoms with van der Waals surface area (Å²) in [6.07, 6.45) is 1.37. The van der Waals surface area contributed by atoms with E-state index in [0.717, 1.165) is 0 Å². The highest BCUT2D eigenvalue weighted by atomic mass is 16.5. The minimum atomic E-state index is -0.136. The number of hydrogen-bond acceptors (Lipinski definition) is 5. The molecule has 0 spiro atoms. The molecule has 1 aromatic rings. The number of carbonyl (C=O) groups is 1. The van der Waals surface area contributed by atoms with Gasteiger partial charge in [-0.15, -0.1) is 5.10 Å². The number of methoxy groups -OCH3 is 1. The highest BCUT2D eigenvalue weighted by Gasteiger charge is 2.24. The molecule has 1 heterocycles. The second kappa shape index (κ2) is 5.72. The van der Waals surface area contributed by atoms with Crippen LogP contribution in [0.1, 0.15) is 20.8 Å². The van der Waals surface area contributed by atoms with Crippen molar-refractivity contribution >= 4 is 5.91 Å². The van der Waals surface area contributed by atoms with Gasteiger partial charge in [-0.05, 0) is 15.8 Å². The first-order valence-corrected chi connectivity index (χ1v) is 5.43. The first-order valence-electron chi connectivity index (χ1n) is 5.43. The van der Waals surface area contributed by atoms with E-state index in [1.807, 2.05) is 0 Å². The summed E-state index contributed by atoms with van der Waals surface area (Å²) in [6, 6.07) is 0. The Hall–Kier alpha value is -1.50. The monoisotopic (exact) mass is 241 g/mol. The Bertz CT molecular complexity index is 344. The zero-order valence-corrected chi connectivity index (χ0v) is 10.7. The van der Waals surface area contributed by atoms with Crippen LogP contribution in [0.4, 0.5) is 0 Å². The fourth-order valence-electron chi connectivity index (χ4n) is 1.41. The fourth-order valence-corrected chi connectivity index (χ4v) is 1.41. The van der Waals surface area contributed by atoms with E-state index in [4.69, 9.17) is 4.74 Å². The number of tetrazole rings is 1. The van der Waals surface area contributed by atoms with Gasteiger partial charge in [0.15, 0.2) is 0 Å². The van der Waals surface area contributed by atoms with Crippen LogP contribution >= 0.6 is 0 Å². The molecule has 0 aliphatic heterocycles. The summed E-state index contributed by atoms with van der Waals surface area (Å²) >= 11 is 0. The van der Waals surface area contributed by atoms with Crippen molar-refractivity contribution < 1.29 is 9.53 Å². The molecule has 1 amide bonds. The molecule has 0 aliphatic carbocycles. The van der Waals surface area contributed by atoms with E-state index < -0.39 is 0 Å². The van der Waals surface area contributed by atoms with Crippen LogP contribution in [0.5, 0.6) is 0 Å². The number of amides is 1. The number of nitrogens with one attached hydrogen (secondary N) is 1. The molecule has 1 unspecified atom stereocenters. The highest BCUT2D eigenvalue weighted by molar-refractivity contribution is 5.75. The van der Waals surface area contributed by atoms with E-state index in [-0.39, 0.29) is 24.0 Å². The Morgan fingerprint density at radius 1 is 1.53 bits per heavy atom. The molecule has 7 heteroatoms. The van der Waals surface area contributed by atoms with Gasteiger partial charge in [-0.1, -0.05) is 20.8 Å². The molecule has 1 atom stereocenters. The Morgan fingerprint density at radius 3 is 2.71 bits per heavy atom. The first-order chi connectivity index (χ1) is 7.93. The lowest BCUT2D eigenvalue weighted by atomic mass is 9.89. The average molecular weight is 241 g/mol. The third-order valence-corrected chi connectivity index (χ3v) is 2.43. The molecule has 0 bridgehead atoms. The standard InChI is InChI=1S/C10H19N5O2/c1-10(2,3)8(17-4)5-11-9(16)6-15-7-12-13-14-15/h7-8H,5-6H2,1-4H3,(H,11,16). The largest absolute Gasteiger partial charge is 0.379 e. The lowest BCUT2D eigenvalue weighted by Crippen LogP contribution is -2.41. The maximum absolute atomic E-state index is 11.6. The molecule has 0 saturated heterocycles. The lowest BCUT2D eigenvalue weighted by molar-refractivity contribution is -0.122. The maximum Gasteiger partial charge on any atom is 0.241 e. The van der Waals surface area contributed by atoms with E-state index in [0.29, 0.717) is 6.54 Å². The molecule has 1 aromatic heterocycles. The predicted molar refractivity (Wildman–Crippen MR) is 61.1 cm³/mol. The lowest BCUT2D eigenvalue weighted by Gasteiger charge is -2.29. The minimum Gasteiger partial charge on any atom is -0.379 e. The summed E-state index contributed by atoms with van der Waals surface area (Å²) < 4.78 is 6.71. The molecule has 0 aromatic carbocycles. The minimum absolute atomic E-state index is 0.0170. The number of ether oxygens (including phenoxy) is 1. The highest BCUT2D eigenvalue weighted by Crippen LogP contribution is 2.20. The van der Waals surface area contributed by atoms with Gasteiger partial charge in [0.2, 0.25) is 5.91 Å². The van der Waals surface area contributed by atoms with Gasteiger partial charge >= 0.3 is 0 Å². The maximum atomic E-state index is 11.6. The van der Waals surface area contributed by atoms with Crippen LogP contribution in [-0.2, 0) is 16.1 Å². The Balaban J connectivity index is 2.37. The van der Waals surface area contributed by atoms with E-state index in [1.54, 1.807) is 7.11 Å². The van der Waals surface area contributed by atoms with Crippen molar-refractivity contribution in [3.05, 3.63) is 6.33 Å². The number of carbonyl (C=O) groups excluding carboxylic acids is 1. The van der Waals surface area contributed by atoms with Crippen LogP contribution in [0.15, 0.2) is 6.33 Å². The molecule has 0 aliphatic rings. The van der Waals surface area contributed by atoms with E-state index in [2.05, 4.69) is 41.6 Å². The average Bonchev–Trinajstić information content (AvgIpc) is 2.69. The molecule has 0 fully saturated rings. The van der Waals surface area contributed by atoms with Crippen LogP contribution in [0.3, 0.4) is 0 Å². The van der Waals surface area contributed by atoms with Crippen molar-refractivity contribution in [2.24, 2.45) is 5.41 Å². The predicted octanol–water partition coefficient (Wildman–Crippen LogP) is -0.150. The quantitative estimate of drug-likeness (QED) is 0.775. The van der Waals surface area contributed by atoms with Crippen LogP contribution in [-0.4, -0.2) is 45.9 Å². The van der Waals surface area contributed by atoms with E-state index in [1.165, 1.54) is 11.0 Å². The molecule has 7 nitrogen and oxygen atoms in total. The zero-order valence-electron chi connectivity index (χ0n) is 10.7. The molecule has 0 saturated carbocycles. The molecule has 96 valence electrons. The number of rotatable bonds is 5. The van der Waals surface area contributed by atoms with Crippen molar-refractivity contribution in [3.8, 4) is 0 Å². The Morgan fingerprint density at radius 2 is 2.24 bits per heavy atom. The van der Waals surface area contributed by atoms with Gasteiger partial charge in [-0.2, -0.15) is 0 Å². The van der Waals surface area contributed by atoms with Gasteiger partial charge in [-0.3, -0.25) is 4.79 Å². The first kappa shape index (κ1) is 13.6. The summed E-state index contributed by atoms with van der Waals surface area (Å²) in [5, 5.41) is 13.3. The van der Waals surface area contributed by atoms with Crippen molar-refractivity contribution in [2.75, 3.05) is 13.7 Å². The van der Waals surface area contributed by atoms with Gasteiger partial charge in [0.05, 0.1) is 6.10 Å². The van der Waals surface area contributed by atoms with Gasteiger partial charge in [0.25, 0.3) is 0 Å². The third kappa shape index (κ3) is 4.48. The molecular formula is C10H19N5O2. The second-order valence-corrected chi connectivity index (χ2v) is 4.90. The van der Waals surface area contributed by atoms with E-state index in [9.17, 15) is 4.79 Å². The smallest absolute Gasteiger partial charge is 0.241 e. The SMILES string of the molecule is COC(CNC(=O)Cn1cnnn1)C(C)(C)C. The van der Waals surface area contributed by atoms with Crippen molar-refractivity contribution in [1.29, 1.82) is 0 Å². The summed E-state index contributed by atoms with van der Waals surface area (Å²) in [7, 11) is 1.64. The normalized spacial score (nSPS) is 13.4. The van der Waals surface area contributed by atoms with Crippen LogP contribution in [0, 0.1) is 5.41 Å². The molecule has 1 N–H and O–H groups in total. The van der Waals surface area contributed by atoms with Crippen molar-refractivity contribution in [1.82, 2.24) is 25.5 Å². The second-order valence-electron chi connectivity index (χ2n) is 4.90. The number of nitrogens with zero attached hydrogens (tertiary/aromatic N) is 4. The third-order valence-electron chi connectivity index (χ3n) is 2.43. The summed E-state index contributed by atoms with van der Waals surface area (Å²) in [5.74, 6) is -0.136. The zero-order chi connectivity index (χ0) is 12.9. The van der Waals surface area contributed by atoms with Gasteiger partial charge in [0.1, 0.15) is 12.9 Å². The van der Waals surface area contributed by atoms with Crippen molar-refractivity contribution in [3.63, 3.8) is 0 Å². The van der Waals surface area contributed by atoms with Crippen molar-refractivity contribution in [2.45, 2.75) is 33.4 Å². The topological polar surface area (TPSA) is 81.9 Å². The van der Waals surface area contributed by atoms with Crippen LogP contribution < -0.4 is 5.32 Å². The number of aromatic nitrogens is 4. The van der Waals surface area contributed by atoms with Gasteiger partial charge < -0.3 is 10.1 Å². The van der Waals surface area contributed by atoms with Gasteiger partial charge in [-0.25, -0.2) is 4.68 Å².